The van der Waals surface area contributed by atoms with Crippen LogP contribution in [0.25, 0.3) is 0 Å². The van der Waals surface area contributed by atoms with E-state index in [1.54, 1.807) is 20.8 Å². The third-order valence-electron chi connectivity index (χ3n) is 6.20. The van der Waals surface area contributed by atoms with Crippen LogP contribution in [-0.2, 0) is 26.6 Å². The maximum absolute atomic E-state index is 13.5. The number of aryl methyl sites for hydroxylation is 1. The summed E-state index contributed by atoms with van der Waals surface area (Å²) in [5.41, 5.74) is -4.95. The van der Waals surface area contributed by atoms with Gasteiger partial charge in [-0.1, -0.05) is 5.21 Å². The van der Waals surface area contributed by atoms with E-state index in [-0.39, 0.29) is 24.3 Å². The van der Waals surface area contributed by atoms with Crippen LogP contribution in [-0.4, -0.2) is 61.7 Å². The molecule has 2 aromatic rings. The van der Waals surface area contributed by atoms with Gasteiger partial charge in [0.2, 0.25) is 13.7 Å². The molecule has 12 nitrogen and oxygen atoms in total. The first-order chi connectivity index (χ1) is 16.3. The summed E-state index contributed by atoms with van der Waals surface area (Å²) in [6, 6.07) is -0.613. The third kappa shape index (κ3) is 4.30. The first kappa shape index (κ1) is 24.8. The Kier molecular flexibility index (Phi) is 5.98. The van der Waals surface area contributed by atoms with Gasteiger partial charge in [-0.2, -0.15) is 4.57 Å². The number of carbonyl (C=O) groups is 2. The Balaban J connectivity index is 1.81. The number of nitrogens with zero attached hydrogens (tertiary/aromatic N) is 5. The lowest BCUT2D eigenvalue weighted by atomic mass is 9.81. The van der Waals surface area contributed by atoms with Crippen LogP contribution in [0.3, 0.4) is 0 Å². The van der Waals surface area contributed by atoms with Crippen LogP contribution >= 0.6 is 0 Å². The van der Waals surface area contributed by atoms with Crippen molar-refractivity contribution in [2.24, 2.45) is 0 Å². The van der Waals surface area contributed by atoms with Crippen LogP contribution in [0.4, 0.5) is 14.0 Å². The number of carbonyl (C=O) groups excluding carboxylic acids is 2. The summed E-state index contributed by atoms with van der Waals surface area (Å²) in [5, 5.41) is 7.76. The second kappa shape index (κ2) is 8.43. The zero-order valence-electron chi connectivity index (χ0n) is 19.8. The lowest BCUT2D eigenvalue weighted by Crippen LogP contribution is -2.51. The molecule has 186 valence electrons. The molecule has 14 heteroatoms. The molecular weight excluding hydrogens is 463 g/mol. The molecular formula is C21H25BFN5O7. The van der Waals surface area contributed by atoms with Gasteiger partial charge in [-0.3, -0.25) is 14.2 Å². The molecule has 0 spiro atoms. The Morgan fingerprint density at radius 3 is 2.60 bits per heavy atom. The van der Waals surface area contributed by atoms with E-state index in [4.69, 9.17) is 22.1 Å². The van der Waals surface area contributed by atoms with Crippen molar-refractivity contribution in [3.8, 4) is 0 Å². The number of fused-ring (bicyclic) bond motifs is 2. The molecule has 3 atom stereocenters. The van der Waals surface area contributed by atoms with Gasteiger partial charge in [0.25, 0.3) is 5.56 Å². The van der Waals surface area contributed by atoms with Crippen LogP contribution in [0.5, 0.6) is 0 Å². The second-order valence-electron chi connectivity index (χ2n) is 9.85. The van der Waals surface area contributed by atoms with Crippen molar-refractivity contribution in [3.63, 3.8) is 0 Å². The minimum Gasteiger partial charge on any atom is -0.472 e. The highest BCUT2D eigenvalue weighted by Gasteiger charge is 2.64. The van der Waals surface area contributed by atoms with Crippen molar-refractivity contribution in [1.82, 2.24) is 24.1 Å². The number of halogens is 1. The van der Waals surface area contributed by atoms with Crippen LogP contribution < -0.4 is 11.2 Å². The quantitative estimate of drug-likeness (QED) is 0.571. The molecule has 0 N–H and O–H groups in total. The van der Waals surface area contributed by atoms with Gasteiger partial charge in [-0.05, 0) is 40.5 Å². The summed E-state index contributed by atoms with van der Waals surface area (Å²) < 4.78 is 32.9. The molecule has 2 aromatic heterocycles. The number of hydrogen-bond donors (Lipinski definition) is 0. The first-order valence-corrected chi connectivity index (χ1v) is 11.0. The lowest BCUT2D eigenvalue weighted by molar-refractivity contribution is -0.120. The van der Waals surface area contributed by atoms with E-state index >= 15 is 0 Å². The van der Waals surface area contributed by atoms with E-state index in [1.807, 2.05) is 0 Å². The summed E-state index contributed by atoms with van der Waals surface area (Å²) in [4.78, 5) is 50.3. The van der Waals surface area contributed by atoms with Crippen LogP contribution in [0.1, 0.15) is 57.3 Å². The van der Waals surface area contributed by atoms with Gasteiger partial charge in [-0.15, -0.1) is 5.10 Å². The third-order valence-corrected chi connectivity index (χ3v) is 6.20. The molecule has 4 rings (SSSR count). The van der Waals surface area contributed by atoms with Crippen molar-refractivity contribution in [2.75, 3.05) is 6.61 Å². The summed E-state index contributed by atoms with van der Waals surface area (Å²) in [6.45, 7) is 5.22. The Hall–Kier alpha value is -3.29. The average Bonchev–Trinajstić information content (AvgIpc) is 3.46. The zero-order chi connectivity index (χ0) is 25.8. The van der Waals surface area contributed by atoms with Gasteiger partial charge < -0.3 is 14.2 Å². The number of alkyl halides is 1. The van der Waals surface area contributed by atoms with E-state index in [1.165, 1.54) is 28.6 Å². The highest BCUT2D eigenvalue weighted by molar-refractivity contribution is 6.55. The number of hydrogen-bond acceptors (Lipinski definition) is 9. The number of ether oxygens (including phenoxy) is 3. The molecule has 2 aliphatic rings. The van der Waals surface area contributed by atoms with E-state index in [0.29, 0.717) is 17.4 Å². The monoisotopic (exact) mass is 488 g/mol. The molecule has 35 heavy (non-hydrogen) atoms. The fraction of sp³-hybridized carbons (Fsp3) is 0.619. The summed E-state index contributed by atoms with van der Waals surface area (Å²) >= 11 is 0. The molecule has 0 aliphatic carbocycles. The summed E-state index contributed by atoms with van der Waals surface area (Å²) in [6.07, 6.45) is 2.36. The molecule has 0 amide bonds. The maximum Gasteiger partial charge on any atom is 0.425 e. The van der Waals surface area contributed by atoms with Gasteiger partial charge in [-0.25, -0.2) is 18.7 Å². The largest absolute Gasteiger partial charge is 0.472 e. The molecule has 2 aliphatic heterocycles. The van der Waals surface area contributed by atoms with E-state index in [2.05, 4.69) is 10.3 Å². The first-order valence-electron chi connectivity index (χ1n) is 11.0. The molecule has 2 radical (unpaired) electrons. The predicted octanol–water partition coefficient (Wildman–Crippen LogP) is 1.31. The zero-order valence-corrected chi connectivity index (χ0v) is 19.8. The molecule has 0 saturated carbocycles. The van der Waals surface area contributed by atoms with Crippen molar-refractivity contribution in [2.45, 2.75) is 76.6 Å². The van der Waals surface area contributed by atoms with Gasteiger partial charge in [0, 0.05) is 18.2 Å². The highest BCUT2D eigenvalue weighted by Crippen LogP contribution is 2.58. The van der Waals surface area contributed by atoms with E-state index in [0.717, 1.165) is 0 Å². The number of aromatic nitrogens is 5. The standard InChI is InChI=1S/C21H25BFN5O7/c1-12-9-26(17(31)28(15(12)29)18(32)34-19(2,3)4)21-6-5-20(35-21,11-33-16(22)30)14(7-21)27-10-13(8-23)24-25-27/h9-10,14H,5-8,11H2,1-4H3/i23-1. The fourth-order valence-electron chi connectivity index (χ4n) is 4.71. The van der Waals surface area contributed by atoms with Gasteiger partial charge in [0.05, 0.1) is 12.2 Å². The Bertz CT molecular complexity index is 1300. The Labute approximate surface area is 200 Å². The number of rotatable bonds is 5. The van der Waals surface area contributed by atoms with Crippen LogP contribution in [0.15, 0.2) is 22.0 Å². The normalized spacial score (nSPS) is 25.6. The van der Waals surface area contributed by atoms with Gasteiger partial charge in [0.1, 0.15) is 30.2 Å². The Morgan fingerprint density at radius 2 is 2.00 bits per heavy atom. The second-order valence-corrected chi connectivity index (χ2v) is 9.85. The highest BCUT2D eigenvalue weighted by atomic mass is 18.2. The van der Waals surface area contributed by atoms with Crippen molar-refractivity contribution in [1.29, 1.82) is 0 Å². The van der Waals surface area contributed by atoms with Gasteiger partial charge >= 0.3 is 11.8 Å². The predicted molar refractivity (Wildman–Crippen MR) is 118 cm³/mol. The smallest absolute Gasteiger partial charge is 0.425 e. The minimum absolute atomic E-state index is 0.0966. The molecule has 4 heterocycles. The van der Waals surface area contributed by atoms with Crippen molar-refractivity contribution >= 4 is 19.8 Å². The van der Waals surface area contributed by atoms with E-state index in [9.17, 15) is 23.6 Å². The molecule has 2 saturated heterocycles. The van der Waals surface area contributed by atoms with Crippen LogP contribution in [0.2, 0.25) is 0 Å². The fourth-order valence-corrected chi connectivity index (χ4v) is 4.71. The summed E-state index contributed by atoms with van der Waals surface area (Å²) in [5.74, 6) is -1.01. The SMILES string of the molecule is [B]C(=O)OCC12CCC(n3cc(C)c(=O)n(C(=O)OC(C)(C)C)c3=O)(CC1n1cc(C[18F])nn1)O2. The molecule has 3 unspecified atom stereocenters. The lowest BCUT2D eigenvalue weighted by Gasteiger charge is -2.32. The van der Waals surface area contributed by atoms with Crippen molar-refractivity contribution in [3.05, 3.63) is 44.5 Å². The Morgan fingerprint density at radius 1 is 1.29 bits per heavy atom. The average molecular weight is 488 g/mol. The van der Waals surface area contributed by atoms with Crippen molar-refractivity contribution < 1.29 is 28.2 Å². The summed E-state index contributed by atoms with van der Waals surface area (Å²) in [7, 11) is 5.17. The molecule has 2 bridgehead atoms. The van der Waals surface area contributed by atoms with E-state index < -0.39 is 52.9 Å². The van der Waals surface area contributed by atoms with Crippen LogP contribution in [0, 0.1) is 6.92 Å². The molecule has 2 fully saturated rings. The maximum atomic E-state index is 13.5. The molecule has 0 aromatic carbocycles. The van der Waals surface area contributed by atoms with Gasteiger partial charge in [0.15, 0.2) is 5.72 Å². The topological polar surface area (TPSA) is 137 Å². The minimum atomic E-state index is -1.31.